The number of anilines is 1. The van der Waals surface area contributed by atoms with Crippen LogP contribution in [0.2, 0.25) is 0 Å². The zero-order valence-electron chi connectivity index (χ0n) is 15.2. The van der Waals surface area contributed by atoms with E-state index in [0.29, 0.717) is 12.1 Å². The largest absolute Gasteiger partial charge is 0.346 e. The van der Waals surface area contributed by atoms with Gasteiger partial charge in [-0.15, -0.1) is 0 Å². The Labute approximate surface area is 157 Å². The number of pyridine rings is 2. The van der Waals surface area contributed by atoms with E-state index in [9.17, 15) is 9.59 Å². The fraction of sp³-hybridized carbons (Fsp3) is 0.143. The molecule has 0 aliphatic carbocycles. The molecule has 1 aromatic carbocycles. The zero-order valence-corrected chi connectivity index (χ0v) is 15.2. The molecule has 2 heterocycles. The normalized spacial score (nSPS) is 10.3. The van der Waals surface area contributed by atoms with E-state index in [-0.39, 0.29) is 17.5 Å². The predicted octanol–water partition coefficient (Wildman–Crippen LogP) is 3.28. The summed E-state index contributed by atoms with van der Waals surface area (Å²) in [6, 6.07) is 14.4. The van der Waals surface area contributed by atoms with Crippen molar-refractivity contribution in [2.45, 2.75) is 20.4 Å². The molecule has 3 aromatic rings. The molecule has 0 unspecified atom stereocenters. The molecule has 27 heavy (non-hydrogen) atoms. The van der Waals surface area contributed by atoms with E-state index in [1.54, 1.807) is 12.3 Å². The third-order valence-electron chi connectivity index (χ3n) is 4.13. The molecule has 2 aromatic heterocycles. The topological polar surface area (TPSA) is 84.0 Å². The van der Waals surface area contributed by atoms with E-state index in [0.717, 1.165) is 22.5 Å². The van der Waals surface area contributed by atoms with Gasteiger partial charge in [0, 0.05) is 23.6 Å². The smallest absolute Gasteiger partial charge is 0.274 e. The number of aryl methyl sites for hydroxylation is 2. The highest BCUT2D eigenvalue weighted by molar-refractivity contribution is 6.05. The molecular weight excluding hydrogens is 340 g/mol. The van der Waals surface area contributed by atoms with Crippen LogP contribution in [0.25, 0.3) is 0 Å². The van der Waals surface area contributed by atoms with Crippen molar-refractivity contribution in [1.29, 1.82) is 0 Å². The number of amides is 2. The van der Waals surface area contributed by atoms with Gasteiger partial charge in [0.15, 0.2) is 0 Å². The van der Waals surface area contributed by atoms with Crippen molar-refractivity contribution < 1.29 is 9.59 Å². The van der Waals surface area contributed by atoms with Crippen molar-refractivity contribution >= 4 is 17.5 Å². The zero-order chi connectivity index (χ0) is 19.2. The van der Waals surface area contributed by atoms with Gasteiger partial charge >= 0.3 is 0 Å². The number of carbonyl (C=O) groups excluding carboxylic acids is 2. The summed E-state index contributed by atoms with van der Waals surface area (Å²) >= 11 is 0. The van der Waals surface area contributed by atoms with E-state index >= 15 is 0 Å². The van der Waals surface area contributed by atoms with Crippen molar-refractivity contribution in [2.24, 2.45) is 0 Å². The van der Waals surface area contributed by atoms with Crippen LogP contribution in [0.1, 0.15) is 37.7 Å². The highest BCUT2D eigenvalue weighted by atomic mass is 16.2. The maximum Gasteiger partial charge on any atom is 0.274 e. The summed E-state index contributed by atoms with van der Waals surface area (Å²) in [4.78, 5) is 33.2. The van der Waals surface area contributed by atoms with Gasteiger partial charge in [-0.25, -0.2) is 0 Å². The van der Waals surface area contributed by atoms with Gasteiger partial charge in [-0.3, -0.25) is 19.6 Å². The molecule has 2 amide bonds. The first-order chi connectivity index (χ1) is 13.0. The molecule has 0 aliphatic rings. The molecule has 0 spiro atoms. The van der Waals surface area contributed by atoms with Crippen LogP contribution in [0.5, 0.6) is 0 Å². The lowest BCUT2D eigenvalue weighted by Gasteiger charge is -2.11. The molecule has 0 aliphatic heterocycles. The Kier molecular flexibility index (Phi) is 5.56. The van der Waals surface area contributed by atoms with Crippen LogP contribution in [-0.4, -0.2) is 21.8 Å². The molecule has 6 heteroatoms. The Balaban J connectivity index is 1.71. The second-order valence-electron chi connectivity index (χ2n) is 6.15. The minimum atomic E-state index is -0.355. The summed E-state index contributed by atoms with van der Waals surface area (Å²) < 4.78 is 0. The van der Waals surface area contributed by atoms with Gasteiger partial charge in [-0.1, -0.05) is 24.3 Å². The number of rotatable bonds is 5. The van der Waals surface area contributed by atoms with Gasteiger partial charge in [0.05, 0.1) is 12.2 Å². The second kappa shape index (κ2) is 8.23. The first-order valence-corrected chi connectivity index (χ1v) is 8.56. The number of carbonyl (C=O) groups is 2. The average Bonchev–Trinajstić information content (AvgIpc) is 2.70. The summed E-state index contributed by atoms with van der Waals surface area (Å²) in [5.41, 5.74) is 4.00. The number of hydrogen-bond acceptors (Lipinski definition) is 4. The number of nitrogens with one attached hydrogen (secondary N) is 2. The van der Waals surface area contributed by atoms with Gasteiger partial charge in [-0.05, 0) is 49.2 Å². The number of aromatic nitrogens is 2. The summed E-state index contributed by atoms with van der Waals surface area (Å²) in [7, 11) is 0. The average molecular weight is 360 g/mol. The van der Waals surface area contributed by atoms with Crippen LogP contribution in [0.15, 0.2) is 60.9 Å². The lowest BCUT2D eigenvalue weighted by atomic mass is 10.1. The number of para-hydroxylation sites is 1. The first kappa shape index (κ1) is 18.3. The van der Waals surface area contributed by atoms with Gasteiger partial charge in [0.2, 0.25) is 0 Å². The van der Waals surface area contributed by atoms with E-state index in [4.69, 9.17) is 0 Å². The van der Waals surface area contributed by atoms with Crippen molar-refractivity contribution in [1.82, 2.24) is 15.3 Å². The number of nitrogens with zero attached hydrogens (tertiary/aromatic N) is 2. The van der Waals surface area contributed by atoms with Gasteiger partial charge in [0.1, 0.15) is 5.69 Å². The van der Waals surface area contributed by atoms with Gasteiger partial charge in [-0.2, -0.15) is 0 Å². The van der Waals surface area contributed by atoms with E-state index in [1.165, 1.54) is 12.3 Å². The molecule has 3 rings (SSSR count). The summed E-state index contributed by atoms with van der Waals surface area (Å²) in [6.45, 7) is 4.17. The molecule has 0 bridgehead atoms. The lowest BCUT2D eigenvalue weighted by Crippen LogP contribution is -2.24. The van der Waals surface area contributed by atoms with Crippen LogP contribution in [0.3, 0.4) is 0 Å². The highest BCUT2D eigenvalue weighted by Crippen LogP contribution is 2.20. The third-order valence-corrected chi connectivity index (χ3v) is 4.13. The molecule has 0 radical (unpaired) electrons. The molecule has 0 atom stereocenters. The molecule has 0 saturated heterocycles. The molecular formula is C21H20N4O2. The Morgan fingerprint density at radius 1 is 0.889 bits per heavy atom. The maximum absolute atomic E-state index is 12.6. The third kappa shape index (κ3) is 4.55. The predicted molar refractivity (Wildman–Crippen MR) is 104 cm³/mol. The van der Waals surface area contributed by atoms with Crippen molar-refractivity contribution in [3.63, 3.8) is 0 Å². The number of benzene rings is 1. The minimum absolute atomic E-state index is 0.183. The maximum atomic E-state index is 12.6. The van der Waals surface area contributed by atoms with Crippen LogP contribution in [0, 0.1) is 13.8 Å². The monoisotopic (exact) mass is 360 g/mol. The lowest BCUT2D eigenvalue weighted by molar-refractivity contribution is 0.0950. The summed E-state index contributed by atoms with van der Waals surface area (Å²) in [5, 5.41) is 5.66. The molecule has 0 fully saturated rings. The first-order valence-electron chi connectivity index (χ1n) is 8.56. The van der Waals surface area contributed by atoms with E-state index in [2.05, 4.69) is 20.6 Å². The van der Waals surface area contributed by atoms with E-state index < -0.39 is 0 Å². The summed E-state index contributed by atoms with van der Waals surface area (Å²) in [6.07, 6.45) is 3.12. The number of hydrogen-bond donors (Lipinski definition) is 2. The Hall–Kier alpha value is -3.54. The van der Waals surface area contributed by atoms with Crippen molar-refractivity contribution in [3.8, 4) is 0 Å². The minimum Gasteiger partial charge on any atom is -0.346 e. The highest BCUT2D eigenvalue weighted by Gasteiger charge is 2.14. The summed E-state index contributed by atoms with van der Waals surface area (Å²) in [5.74, 6) is -0.643. The quantitative estimate of drug-likeness (QED) is 0.731. The van der Waals surface area contributed by atoms with Gasteiger partial charge in [0.25, 0.3) is 11.8 Å². The van der Waals surface area contributed by atoms with Crippen LogP contribution in [0.4, 0.5) is 5.69 Å². The standard InChI is InChI=1S/C21H20N4O2/c1-14-6-5-7-15(2)19(14)25-21(27)18-12-16(9-11-23-18)20(26)24-13-17-8-3-4-10-22-17/h3-12H,13H2,1-2H3,(H,24,26)(H,25,27). The van der Waals surface area contributed by atoms with Crippen LogP contribution in [-0.2, 0) is 6.54 Å². The SMILES string of the molecule is Cc1cccc(C)c1NC(=O)c1cc(C(=O)NCc2ccccn2)ccn1. The Bertz CT molecular complexity index is 951. The molecule has 6 nitrogen and oxygen atoms in total. The molecule has 136 valence electrons. The van der Waals surface area contributed by atoms with Crippen molar-refractivity contribution in [2.75, 3.05) is 5.32 Å². The fourth-order valence-electron chi connectivity index (χ4n) is 2.66. The van der Waals surface area contributed by atoms with Crippen LogP contribution >= 0.6 is 0 Å². The fourth-order valence-corrected chi connectivity index (χ4v) is 2.66. The van der Waals surface area contributed by atoms with Crippen LogP contribution < -0.4 is 10.6 Å². The van der Waals surface area contributed by atoms with E-state index in [1.807, 2.05) is 50.2 Å². The van der Waals surface area contributed by atoms with Crippen molar-refractivity contribution in [3.05, 3.63) is 89.0 Å². The molecule has 2 N–H and O–H groups in total. The van der Waals surface area contributed by atoms with Gasteiger partial charge < -0.3 is 10.6 Å². The Morgan fingerprint density at radius 2 is 1.67 bits per heavy atom. The Morgan fingerprint density at radius 3 is 2.37 bits per heavy atom. The second-order valence-corrected chi connectivity index (χ2v) is 6.15. The molecule has 0 saturated carbocycles.